The number of aromatic nitrogens is 1. The van der Waals surface area contributed by atoms with E-state index in [2.05, 4.69) is 4.99 Å². The number of benzene rings is 2. The van der Waals surface area contributed by atoms with Gasteiger partial charge in [0.15, 0.2) is 4.80 Å². The highest BCUT2D eigenvalue weighted by Gasteiger charge is 2.13. The Morgan fingerprint density at radius 1 is 1.30 bits per heavy atom. The summed E-state index contributed by atoms with van der Waals surface area (Å²) in [5, 5.41) is 9.90. The van der Waals surface area contributed by atoms with Crippen LogP contribution in [-0.2, 0) is 11.3 Å². The minimum atomic E-state index is -0.390. The fraction of sp³-hybridized carbons (Fsp3) is 0.211. The van der Waals surface area contributed by atoms with Crippen LogP contribution in [0, 0.1) is 11.3 Å². The molecule has 0 aliphatic carbocycles. The van der Waals surface area contributed by atoms with Gasteiger partial charge in [-0.3, -0.25) is 4.79 Å². The van der Waals surface area contributed by atoms with Crippen molar-refractivity contribution in [3.05, 3.63) is 62.4 Å². The lowest BCUT2D eigenvalue weighted by atomic mass is 10.1. The first-order chi connectivity index (χ1) is 13.0. The summed E-state index contributed by atoms with van der Waals surface area (Å²) in [6.45, 7) is 3.50. The zero-order valence-corrected chi connectivity index (χ0v) is 16.7. The lowest BCUT2D eigenvalue weighted by Crippen LogP contribution is -2.20. The largest absolute Gasteiger partial charge is 0.380 e. The molecule has 0 aliphatic rings. The van der Waals surface area contributed by atoms with Crippen LogP contribution in [0.15, 0.2) is 41.4 Å². The second-order valence-electron chi connectivity index (χ2n) is 5.57. The van der Waals surface area contributed by atoms with Crippen LogP contribution in [0.2, 0.25) is 10.0 Å². The summed E-state index contributed by atoms with van der Waals surface area (Å²) in [5.74, 6) is -0.390. The molecule has 1 amide bonds. The molecule has 1 heterocycles. The van der Waals surface area contributed by atoms with E-state index < -0.39 is 5.91 Å². The molecular formula is C19H15Cl2N3O2S. The van der Waals surface area contributed by atoms with E-state index in [-0.39, 0.29) is 0 Å². The zero-order chi connectivity index (χ0) is 19.4. The van der Waals surface area contributed by atoms with E-state index in [1.807, 2.05) is 17.6 Å². The van der Waals surface area contributed by atoms with Gasteiger partial charge < -0.3 is 9.30 Å². The Balaban J connectivity index is 2.09. The van der Waals surface area contributed by atoms with Gasteiger partial charge in [-0.25, -0.2) is 0 Å². The molecule has 5 nitrogen and oxygen atoms in total. The molecular weight excluding hydrogens is 405 g/mol. The van der Waals surface area contributed by atoms with Gasteiger partial charge in [-0.1, -0.05) is 34.5 Å². The molecule has 0 unspecified atom stereocenters. The number of carbonyl (C=O) groups excluding carboxylic acids is 1. The first-order valence-electron chi connectivity index (χ1n) is 8.19. The normalized spacial score (nSPS) is 11.7. The Morgan fingerprint density at radius 2 is 2.04 bits per heavy atom. The Hall–Kier alpha value is -2.17. The molecule has 0 spiro atoms. The van der Waals surface area contributed by atoms with Crippen LogP contribution in [0.3, 0.4) is 0 Å². The fourth-order valence-electron chi connectivity index (χ4n) is 2.56. The molecule has 0 fully saturated rings. The number of carbonyl (C=O) groups is 1. The number of hydrogen-bond acceptors (Lipinski definition) is 4. The molecule has 138 valence electrons. The van der Waals surface area contributed by atoms with Crippen molar-refractivity contribution < 1.29 is 9.53 Å². The molecule has 0 N–H and O–H groups in total. The second kappa shape index (κ2) is 8.68. The zero-order valence-electron chi connectivity index (χ0n) is 14.4. The molecule has 0 aliphatic heterocycles. The van der Waals surface area contributed by atoms with Crippen LogP contribution in [-0.4, -0.2) is 23.7 Å². The van der Waals surface area contributed by atoms with Crippen LogP contribution in [0.5, 0.6) is 0 Å². The summed E-state index contributed by atoms with van der Waals surface area (Å²) in [4.78, 5) is 17.4. The van der Waals surface area contributed by atoms with Gasteiger partial charge in [0.2, 0.25) is 0 Å². The number of nitrogens with zero attached hydrogens (tertiary/aromatic N) is 3. The first-order valence-corrected chi connectivity index (χ1v) is 9.76. The van der Waals surface area contributed by atoms with Crippen molar-refractivity contribution in [3.63, 3.8) is 0 Å². The molecule has 0 bridgehead atoms. The van der Waals surface area contributed by atoms with Crippen molar-refractivity contribution in [2.45, 2.75) is 13.5 Å². The Kier molecular flexibility index (Phi) is 6.30. The van der Waals surface area contributed by atoms with Crippen LogP contribution < -0.4 is 4.80 Å². The molecule has 0 saturated heterocycles. The number of amides is 1. The smallest absolute Gasteiger partial charge is 0.279 e. The quantitative estimate of drug-likeness (QED) is 0.564. The summed E-state index contributed by atoms with van der Waals surface area (Å²) in [6, 6.07) is 11.9. The predicted octanol–water partition coefficient (Wildman–Crippen LogP) is 4.66. The van der Waals surface area contributed by atoms with Crippen LogP contribution in [0.4, 0.5) is 0 Å². The minimum absolute atomic E-state index is 0.390. The molecule has 8 heteroatoms. The molecule has 1 aromatic heterocycles. The first kappa shape index (κ1) is 19.6. The van der Waals surface area contributed by atoms with Gasteiger partial charge in [0.05, 0.1) is 33.5 Å². The molecule has 0 radical (unpaired) electrons. The third-order valence-electron chi connectivity index (χ3n) is 3.82. The number of rotatable bonds is 5. The summed E-state index contributed by atoms with van der Waals surface area (Å²) >= 11 is 13.8. The van der Waals surface area contributed by atoms with E-state index in [0.717, 1.165) is 10.2 Å². The summed E-state index contributed by atoms with van der Waals surface area (Å²) < 4.78 is 8.16. The van der Waals surface area contributed by atoms with Gasteiger partial charge in [-0.05, 0) is 43.3 Å². The third kappa shape index (κ3) is 4.40. The number of nitriles is 1. The van der Waals surface area contributed by atoms with Crippen molar-refractivity contribution in [2.24, 2.45) is 4.99 Å². The highest BCUT2D eigenvalue weighted by atomic mass is 35.5. The SMILES string of the molecule is CCOCCn1c(=NC(=O)c2ccc(C#N)cc2)sc2cc(Cl)cc(Cl)c21. The standard InChI is InChI=1S/C19H15Cl2N3O2S/c1-2-26-8-7-24-17-15(21)9-14(20)10-16(17)27-19(24)23-18(25)13-5-3-12(11-22)4-6-13/h3-6,9-10H,2,7-8H2,1H3. The maximum Gasteiger partial charge on any atom is 0.279 e. The van der Waals surface area contributed by atoms with Crippen LogP contribution in [0.25, 0.3) is 10.2 Å². The third-order valence-corrected chi connectivity index (χ3v) is 5.35. The second-order valence-corrected chi connectivity index (χ2v) is 7.43. The minimum Gasteiger partial charge on any atom is -0.380 e. The predicted molar refractivity (Wildman–Crippen MR) is 107 cm³/mol. The van der Waals surface area contributed by atoms with E-state index in [9.17, 15) is 4.79 Å². The van der Waals surface area contributed by atoms with Gasteiger partial charge in [-0.2, -0.15) is 10.3 Å². The maximum atomic E-state index is 12.6. The summed E-state index contributed by atoms with van der Waals surface area (Å²) in [7, 11) is 0. The van der Waals surface area contributed by atoms with Crippen molar-refractivity contribution in [3.8, 4) is 6.07 Å². The van der Waals surface area contributed by atoms with Gasteiger partial charge in [0, 0.05) is 23.7 Å². The molecule has 0 saturated carbocycles. The molecule has 3 aromatic rings. The molecule has 27 heavy (non-hydrogen) atoms. The van der Waals surface area contributed by atoms with Crippen molar-refractivity contribution in [1.29, 1.82) is 5.26 Å². The van der Waals surface area contributed by atoms with Gasteiger partial charge in [0.25, 0.3) is 5.91 Å². The average Bonchev–Trinajstić information content (AvgIpc) is 2.99. The van der Waals surface area contributed by atoms with E-state index in [1.54, 1.807) is 36.4 Å². The van der Waals surface area contributed by atoms with E-state index in [4.69, 9.17) is 33.2 Å². The Bertz CT molecular complexity index is 1100. The van der Waals surface area contributed by atoms with E-state index in [0.29, 0.717) is 45.7 Å². The van der Waals surface area contributed by atoms with Gasteiger partial charge in [-0.15, -0.1) is 0 Å². The van der Waals surface area contributed by atoms with Crippen molar-refractivity contribution >= 4 is 50.7 Å². The maximum absolute atomic E-state index is 12.6. The lowest BCUT2D eigenvalue weighted by molar-refractivity contribution is 0.0996. The topological polar surface area (TPSA) is 67.4 Å². The van der Waals surface area contributed by atoms with Crippen LogP contribution in [0.1, 0.15) is 22.8 Å². The molecule has 2 aromatic carbocycles. The van der Waals surface area contributed by atoms with Crippen LogP contribution >= 0.6 is 34.5 Å². The van der Waals surface area contributed by atoms with E-state index >= 15 is 0 Å². The fourth-order valence-corrected chi connectivity index (χ4v) is 4.40. The number of thiazole rings is 1. The number of halogens is 2. The van der Waals surface area contributed by atoms with Gasteiger partial charge >= 0.3 is 0 Å². The highest BCUT2D eigenvalue weighted by molar-refractivity contribution is 7.16. The van der Waals surface area contributed by atoms with Crippen molar-refractivity contribution in [1.82, 2.24) is 4.57 Å². The number of ether oxygens (including phenoxy) is 1. The number of fused-ring (bicyclic) bond motifs is 1. The Morgan fingerprint density at radius 3 is 2.70 bits per heavy atom. The highest BCUT2D eigenvalue weighted by Crippen LogP contribution is 2.29. The summed E-state index contributed by atoms with van der Waals surface area (Å²) in [6.07, 6.45) is 0. The van der Waals surface area contributed by atoms with Crippen molar-refractivity contribution in [2.75, 3.05) is 13.2 Å². The summed E-state index contributed by atoms with van der Waals surface area (Å²) in [5.41, 5.74) is 1.67. The monoisotopic (exact) mass is 419 g/mol. The molecule has 3 rings (SSSR count). The lowest BCUT2D eigenvalue weighted by Gasteiger charge is -2.07. The average molecular weight is 420 g/mol. The van der Waals surface area contributed by atoms with Gasteiger partial charge in [0.1, 0.15) is 0 Å². The molecule has 0 atom stereocenters. The Labute approximate surface area is 170 Å². The van der Waals surface area contributed by atoms with E-state index in [1.165, 1.54) is 11.3 Å². The number of hydrogen-bond donors (Lipinski definition) is 0.